The van der Waals surface area contributed by atoms with Gasteiger partial charge in [-0.25, -0.2) is 0 Å². The largest absolute Gasteiger partial charge is 0.349 e. The van der Waals surface area contributed by atoms with Crippen LogP contribution in [0.2, 0.25) is 0 Å². The van der Waals surface area contributed by atoms with E-state index in [0.717, 1.165) is 44.1 Å². The fraction of sp³-hybridized carbons (Fsp3) is 0.579. The van der Waals surface area contributed by atoms with E-state index in [-0.39, 0.29) is 17.9 Å². The lowest BCUT2D eigenvalue weighted by Gasteiger charge is -2.45. The molecule has 0 radical (unpaired) electrons. The SMILES string of the molecule is CC(=O)[C@@H]1CCCC2C1CCC[C@H]2NC(=O)c1ccccc1. The third-order valence-electron chi connectivity index (χ3n) is 5.56. The Kier molecular flexibility index (Phi) is 4.60. The molecule has 3 heteroatoms. The van der Waals surface area contributed by atoms with Crippen molar-refractivity contribution in [2.45, 2.75) is 51.5 Å². The summed E-state index contributed by atoms with van der Waals surface area (Å²) in [5.74, 6) is 1.53. The van der Waals surface area contributed by atoms with Crippen molar-refractivity contribution in [2.75, 3.05) is 0 Å². The standard InChI is InChI=1S/C19H25NO2/c1-13(21)15-9-5-11-17-16(15)10-6-12-18(17)20-19(22)14-7-3-2-4-8-14/h2-4,7-8,15-18H,5-6,9-12H2,1H3,(H,20,22)/t15-,16?,17?,18+/m0/s1. The summed E-state index contributed by atoms with van der Waals surface area (Å²) in [6.45, 7) is 1.74. The number of hydrogen-bond donors (Lipinski definition) is 1. The highest BCUT2D eigenvalue weighted by molar-refractivity contribution is 5.94. The molecule has 0 bridgehead atoms. The van der Waals surface area contributed by atoms with Gasteiger partial charge in [0.15, 0.2) is 0 Å². The predicted molar refractivity (Wildman–Crippen MR) is 86.5 cm³/mol. The van der Waals surface area contributed by atoms with Gasteiger partial charge < -0.3 is 5.32 Å². The first-order valence-corrected chi connectivity index (χ1v) is 8.53. The number of carbonyl (C=O) groups excluding carboxylic acids is 2. The molecule has 0 aliphatic heterocycles. The minimum atomic E-state index is 0.0243. The summed E-state index contributed by atoms with van der Waals surface area (Å²) in [5.41, 5.74) is 0.726. The zero-order valence-corrected chi connectivity index (χ0v) is 13.3. The lowest BCUT2D eigenvalue weighted by molar-refractivity contribution is -0.125. The molecule has 118 valence electrons. The predicted octanol–water partition coefficient (Wildman–Crippen LogP) is 3.59. The van der Waals surface area contributed by atoms with Gasteiger partial charge in [-0.05, 0) is 56.6 Å². The van der Waals surface area contributed by atoms with Crippen LogP contribution in [-0.4, -0.2) is 17.7 Å². The van der Waals surface area contributed by atoms with Gasteiger partial charge in [-0.2, -0.15) is 0 Å². The first kappa shape index (κ1) is 15.3. The van der Waals surface area contributed by atoms with E-state index in [1.54, 1.807) is 6.92 Å². The molecule has 2 fully saturated rings. The lowest BCUT2D eigenvalue weighted by atomic mass is 9.62. The number of Topliss-reactive ketones (excluding diaryl/α,β-unsaturated/α-hetero) is 1. The van der Waals surface area contributed by atoms with Crippen LogP contribution in [0.15, 0.2) is 30.3 Å². The zero-order valence-electron chi connectivity index (χ0n) is 13.3. The molecule has 22 heavy (non-hydrogen) atoms. The number of benzene rings is 1. The normalized spacial score (nSPS) is 31.1. The summed E-state index contributed by atoms with van der Waals surface area (Å²) in [6, 6.07) is 9.65. The minimum absolute atomic E-state index is 0.0243. The Morgan fingerprint density at radius 2 is 1.64 bits per heavy atom. The second kappa shape index (κ2) is 6.64. The topological polar surface area (TPSA) is 46.2 Å². The molecule has 2 saturated carbocycles. The average Bonchev–Trinajstić information content (AvgIpc) is 2.55. The summed E-state index contributed by atoms with van der Waals surface area (Å²) in [6.07, 6.45) is 6.61. The van der Waals surface area contributed by atoms with Gasteiger partial charge in [0.2, 0.25) is 0 Å². The van der Waals surface area contributed by atoms with Crippen LogP contribution in [0.5, 0.6) is 0 Å². The second-order valence-corrected chi connectivity index (χ2v) is 6.85. The van der Waals surface area contributed by atoms with Crippen molar-refractivity contribution in [1.82, 2.24) is 5.32 Å². The quantitative estimate of drug-likeness (QED) is 0.927. The maximum Gasteiger partial charge on any atom is 0.251 e. The maximum absolute atomic E-state index is 12.4. The molecule has 0 heterocycles. The summed E-state index contributed by atoms with van der Waals surface area (Å²) in [5, 5.41) is 3.24. The molecule has 0 saturated heterocycles. The Balaban J connectivity index is 1.71. The summed E-state index contributed by atoms with van der Waals surface area (Å²) >= 11 is 0. The summed E-state index contributed by atoms with van der Waals surface area (Å²) in [7, 11) is 0. The van der Waals surface area contributed by atoms with E-state index in [1.807, 2.05) is 30.3 Å². The Labute approximate surface area is 132 Å². The van der Waals surface area contributed by atoms with E-state index in [9.17, 15) is 9.59 Å². The van der Waals surface area contributed by atoms with E-state index in [2.05, 4.69) is 5.32 Å². The van der Waals surface area contributed by atoms with Gasteiger partial charge in [0.25, 0.3) is 5.91 Å². The lowest BCUT2D eigenvalue weighted by Crippen LogP contribution is -2.49. The fourth-order valence-electron chi connectivity index (χ4n) is 4.53. The van der Waals surface area contributed by atoms with Crippen molar-refractivity contribution in [1.29, 1.82) is 0 Å². The minimum Gasteiger partial charge on any atom is -0.349 e. The van der Waals surface area contributed by atoms with Crippen molar-refractivity contribution in [3.05, 3.63) is 35.9 Å². The second-order valence-electron chi connectivity index (χ2n) is 6.85. The molecular weight excluding hydrogens is 274 g/mol. The van der Waals surface area contributed by atoms with Crippen LogP contribution in [0.4, 0.5) is 0 Å². The molecule has 3 rings (SSSR count). The van der Waals surface area contributed by atoms with Crippen LogP contribution in [0.25, 0.3) is 0 Å². The molecule has 2 unspecified atom stereocenters. The van der Waals surface area contributed by atoms with E-state index in [1.165, 1.54) is 0 Å². The summed E-state index contributed by atoms with van der Waals surface area (Å²) < 4.78 is 0. The van der Waals surface area contributed by atoms with Crippen LogP contribution in [0, 0.1) is 17.8 Å². The van der Waals surface area contributed by atoms with Gasteiger partial charge in [0, 0.05) is 17.5 Å². The molecule has 0 aromatic heterocycles. The third kappa shape index (κ3) is 3.08. The van der Waals surface area contributed by atoms with Crippen LogP contribution in [0.3, 0.4) is 0 Å². The van der Waals surface area contributed by atoms with Crippen molar-refractivity contribution >= 4 is 11.7 Å². The van der Waals surface area contributed by atoms with Crippen LogP contribution >= 0.6 is 0 Å². The van der Waals surface area contributed by atoms with Gasteiger partial charge in [-0.1, -0.05) is 31.0 Å². The van der Waals surface area contributed by atoms with Crippen molar-refractivity contribution in [3.8, 4) is 0 Å². The first-order chi connectivity index (χ1) is 10.7. The molecule has 3 nitrogen and oxygen atoms in total. The average molecular weight is 299 g/mol. The highest BCUT2D eigenvalue weighted by atomic mass is 16.1. The van der Waals surface area contributed by atoms with E-state index >= 15 is 0 Å². The molecule has 1 N–H and O–H groups in total. The maximum atomic E-state index is 12.4. The Hall–Kier alpha value is -1.64. The van der Waals surface area contributed by atoms with Gasteiger partial charge in [0.05, 0.1) is 0 Å². The van der Waals surface area contributed by atoms with Crippen molar-refractivity contribution in [2.24, 2.45) is 17.8 Å². The highest BCUT2D eigenvalue weighted by Gasteiger charge is 2.42. The molecule has 2 aliphatic rings. The molecule has 1 aromatic rings. The number of hydrogen-bond acceptors (Lipinski definition) is 2. The zero-order chi connectivity index (χ0) is 15.5. The Morgan fingerprint density at radius 3 is 2.36 bits per heavy atom. The van der Waals surface area contributed by atoms with Gasteiger partial charge in [0.1, 0.15) is 5.78 Å². The van der Waals surface area contributed by atoms with Gasteiger partial charge in [-0.15, -0.1) is 0 Å². The molecular formula is C19H25NO2. The number of fused-ring (bicyclic) bond motifs is 1. The molecule has 4 atom stereocenters. The smallest absolute Gasteiger partial charge is 0.251 e. The molecule has 1 aromatic carbocycles. The monoisotopic (exact) mass is 299 g/mol. The highest BCUT2D eigenvalue weighted by Crippen LogP contribution is 2.44. The summed E-state index contributed by atoms with van der Waals surface area (Å²) in [4.78, 5) is 24.3. The van der Waals surface area contributed by atoms with Crippen molar-refractivity contribution in [3.63, 3.8) is 0 Å². The molecule has 2 aliphatic carbocycles. The van der Waals surface area contributed by atoms with E-state index in [0.29, 0.717) is 17.6 Å². The van der Waals surface area contributed by atoms with Crippen LogP contribution < -0.4 is 5.32 Å². The Bertz CT molecular complexity index is 540. The molecule has 1 amide bonds. The number of amides is 1. The van der Waals surface area contributed by atoms with Gasteiger partial charge >= 0.3 is 0 Å². The van der Waals surface area contributed by atoms with Crippen LogP contribution in [0.1, 0.15) is 55.8 Å². The Morgan fingerprint density at radius 1 is 0.955 bits per heavy atom. The van der Waals surface area contributed by atoms with Crippen molar-refractivity contribution < 1.29 is 9.59 Å². The molecule has 0 spiro atoms. The fourth-order valence-corrected chi connectivity index (χ4v) is 4.53. The number of nitrogens with one attached hydrogen (secondary N) is 1. The third-order valence-corrected chi connectivity index (χ3v) is 5.56. The first-order valence-electron chi connectivity index (χ1n) is 8.53. The number of rotatable bonds is 3. The number of carbonyl (C=O) groups is 2. The van der Waals surface area contributed by atoms with E-state index < -0.39 is 0 Å². The number of ketones is 1. The van der Waals surface area contributed by atoms with Crippen LogP contribution in [-0.2, 0) is 4.79 Å². The van der Waals surface area contributed by atoms with Gasteiger partial charge in [-0.3, -0.25) is 9.59 Å². The van der Waals surface area contributed by atoms with E-state index in [4.69, 9.17) is 0 Å².